The lowest BCUT2D eigenvalue weighted by atomic mass is 10.0. The number of nitrogens with one attached hydrogen (secondary N) is 3. The van der Waals surface area contributed by atoms with Crippen molar-refractivity contribution in [2.24, 2.45) is 5.92 Å². The Hall–Kier alpha value is -2.62. The summed E-state index contributed by atoms with van der Waals surface area (Å²) >= 11 is 3.38. The van der Waals surface area contributed by atoms with E-state index in [1.807, 2.05) is 19.1 Å². The Morgan fingerprint density at radius 2 is 1.64 bits per heavy atom. The molecule has 10 heteroatoms. The second kappa shape index (κ2) is 15.5. The number of benzene rings is 1. The number of halogens is 1. The topological polar surface area (TPSA) is 123 Å². The monoisotopic (exact) mass is 569 g/mol. The van der Waals surface area contributed by atoms with Gasteiger partial charge in [-0.1, -0.05) is 55.3 Å². The summed E-state index contributed by atoms with van der Waals surface area (Å²) in [7, 11) is 0. The maximum atomic E-state index is 13.1. The molecule has 2 atom stereocenters. The third-order valence-corrected chi connectivity index (χ3v) is 5.68. The van der Waals surface area contributed by atoms with E-state index >= 15 is 0 Å². The van der Waals surface area contributed by atoms with Gasteiger partial charge in [0.1, 0.15) is 17.7 Å². The van der Waals surface area contributed by atoms with Crippen molar-refractivity contribution in [3.05, 3.63) is 29.8 Å². The lowest BCUT2D eigenvalue weighted by Crippen LogP contribution is -2.55. The molecular weight excluding hydrogens is 530 g/mol. The van der Waals surface area contributed by atoms with E-state index in [1.54, 1.807) is 46.8 Å². The van der Waals surface area contributed by atoms with Crippen molar-refractivity contribution in [3.8, 4) is 0 Å². The highest BCUT2D eigenvalue weighted by molar-refractivity contribution is 9.08. The maximum Gasteiger partial charge on any atom is 0.408 e. The van der Waals surface area contributed by atoms with Crippen LogP contribution in [0.4, 0.5) is 10.5 Å². The SMILES string of the molecule is CCCCOC(=O)CCC(NC(=O)C(NC(=O)OC(C)(C)C)C(C)C)C(=O)Nc1ccc(CBr)cc1. The number of unbranched alkanes of at least 4 members (excludes halogenated alkanes) is 1. The van der Waals surface area contributed by atoms with Gasteiger partial charge in [0.15, 0.2) is 0 Å². The zero-order valence-electron chi connectivity index (χ0n) is 22.1. The molecule has 0 saturated carbocycles. The molecular formula is C26H40BrN3O6. The highest BCUT2D eigenvalue weighted by atomic mass is 79.9. The van der Waals surface area contributed by atoms with Gasteiger partial charge in [-0.25, -0.2) is 4.79 Å². The average Bonchev–Trinajstić information content (AvgIpc) is 2.79. The fraction of sp³-hybridized carbons (Fsp3) is 0.615. The fourth-order valence-electron chi connectivity index (χ4n) is 3.07. The molecule has 202 valence electrons. The van der Waals surface area contributed by atoms with E-state index in [4.69, 9.17) is 9.47 Å². The number of amides is 3. The van der Waals surface area contributed by atoms with Crippen LogP contribution in [0.2, 0.25) is 0 Å². The molecule has 3 N–H and O–H groups in total. The molecule has 0 aliphatic carbocycles. The van der Waals surface area contributed by atoms with Crippen molar-refractivity contribution in [1.82, 2.24) is 10.6 Å². The number of rotatable bonds is 13. The molecule has 1 rings (SSSR count). The standard InChI is InChI=1S/C26H40BrN3O6/c1-7-8-15-35-21(31)14-13-20(23(32)28-19-11-9-18(16-27)10-12-19)29-24(33)22(17(2)3)30-25(34)36-26(4,5)6/h9-12,17,20,22H,7-8,13-16H2,1-6H3,(H,28,32)(H,29,33)(H,30,34). The van der Waals surface area contributed by atoms with Gasteiger partial charge in [-0.15, -0.1) is 0 Å². The Labute approximate surface area is 222 Å². The van der Waals surface area contributed by atoms with Crippen LogP contribution in [-0.4, -0.2) is 48.2 Å². The van der Waals surface area contributed by atoms with Crippen LogP contribution in [0.1, 0.15) is 72.8 Å². The number of ether oxygens (including phenoxy) is 2. The first-order chi connectivity index (χ1) is 16.9. The van der Waals surface area contributed by atoms with Gasteiger partial charge in [0.2, 0.25) is 11.8 Å². The third-order valence-electron chi connectivity index (χ3n) is 5.03. The Balaban J connectivity index is 2.96. The maximum absolute atomic E-state index is 13.1. The second-order valence-corrected chi connectivity index (χ2v) is 10.4. The number of anilines is 1. The van der Waals surface area contributed by atoms with Gasteiger partial charge in [0.25, 0.3) is 0 Å². The van der Waals surface area contributed by atoms with Crippen molar-refractivity contribution in [2.45, 2.75) is 90.2 Å². The van der Waals surface area contributed by atoms with E-state index in [2.05, 4.69) is 31.9 Å². The van der Waals surface area contributed by atoms with Gasteiger partial charge in [-0.3, -0.25) is 14.4 Å². The van der Waals surface area contributed by atoms with Gasteiger partial charge in [-0.2, -0.15) is 0 Å². The molecule has 3 amide bonds. The molecule has 2 unspecified atom stereocenters. The summed E-state index contributed by atoms with van der Waals surface area (Å²) in [5.41, 5.74) is 0.870. The molecule has 9 nitrogen and oxygen atoms in total. The predicted octanol–water partition coefficient (Wildman–Crippen LogP) is 4.68. The zero-order valence-corrected chi connectivity index (χ0v) is 23.7. The number of carbonyl (C=O) groups excluding carboxylic acids is 4. The molecule has 36 heavy (non-hydrogen) atoms. The number of alkyl carbamates (subject to hydrolysis) is 1. The summed E-state index contributed by atoms with van der Waals surface area (Å²) < 4.78 is 10.5. The first-order valence-corrected chi connectivity index (χ1v) is 13.4. The molecule has 0 aliphatic heterocycles. The second-order valence-electron chi connectivity index (χ2n) is 9.86. The molecule has 0 fully saturated rings. The van der Waals surface area contributed by atoms with Crippen molar-refractivity contribution in [3.63, 3.8) is 0 Å². The van der Waals surface area contributed by atoms with E-state index in [0.29, 0.717) is 17.6 Å². The molecule has 0 aliphatic rings. The first-order valence-electron chi connectivity index (χ1n) is 12.3. The van der Waals surface area contributed by atoms with Gasteiger partial charge in [0, 0.05) is 17.4 Å². The van der Waals surface area contributed by atoms with Crippen LogP contribution >= 0.6 is 15.9 Å². The number of alkyl halides is 1. The summed E-state index contributed by atoms with van der Waals surface area (Å²) in [5, 5.41) is 8.74. The molecule has 0 bridgehead atoms. The first kappa shape index (κ1) is 31.4. The normalized spacial score (nSPS) is 12.9. The van der Waals surface area contributed by atoms with E-state index < -0.39 is 41.6 Å². The lowest BCUT2D eigenvalue weighted by Gasteiger charge is -2.27. The predicted molar refractivity (Wildman–Crippen MR) is 143 cm³/mol. The average molecular weight is 571 g/mol. The minimum atomic E-state index is -1.02. The van der Waals surface area contributed by atoms with Crippen LogP contribution in [0.3, 0.4) is 0 Å². The third kappa shape index (κ3) is 12.4. The number of esters is 1. The van der Waals surface area contributed by atoms with E-state index in [1.165, 1.54) is 0 Å². The Kier molecular flexibility index (Phi) is 13.5. The van der Waals surface area contributed by atoms with E-state index in [0.717, 1.165) is 18.4 Å². The van der Waals surface area contributed by atoms with Crippen LogP contribution in [0.15, 0.2) is 24.3 Å². The Morgan fingerprint density at radius 3 is 2.17 bits per heavy atom. The summed E-state index contributed by atoms with van der Waals surface area (Å²) in [6.45, 7) is 11.0. The van der Waals surface area contributed by atoms with Crippen LogP contribution in [0, 0.1) is 5.92 Å². The molecule has 0 radical (unpaired) electrons. The van der Waals surface area contributed by atoms with Crippen LogP contribution < -0.4 is 16.0 Å². The van der Waals surface area contributed by atoms with Crippen LogP contribution in [-0.2, 0) is 29.2 Å². The van der Waals surface area contributed by atoms with Crippen molar-refractivity contribution in [2.75, 3.05) is 11.9 Å². The van der Waals surface area contributed by atoms with Crippen molar-refractivity contribution < 1.29 is 28.7 Å². The van der Waals surface area contributed by atoms with Gasteiger partial charge in [0.05, 0.1) is 6.61 Å². The molecule has 0 saturated heterocycles. The number of hydrogen-bond donors (Lipinski definition) is 3. The molecule has 0 heterocycles. The minimum Gasteiger partial charge on any atom is -0.466 e. The molecule has 1 aromatic rings. The number of carbonyl (C=O) groups is 4. The van der Waals surface area contributed by atoms with Gasteiger partial charge >= 0.3 is 12.1 Å². The largest absolute Gasteiger partial charge is 0.466 e. The van der Waals surface area contributed by atoms with Gasteiger partial charge in [-0.05, 0) is 57.2 Å². The summed E-state index contributed by atoms with van der Waals surface area (Å²) in [6.07, 6.45) is 0.909. The van der Waals surface area contributed by atoms with E-state index in [9.17, 15) is 19.2 Å². The van der Waals surface area contributed by atoms with Crippen molar-refractivity contribution >= 4 is 45.5 Å². The van der Waals surface area contributed by atoms with Crippen molar-refractivity contribution in [1.29, 1.82) is 0 Å². The number of hydrogen-bond acceptors (Lipinski definition) is 6. The highest BCUT2D eigenvalue weighted by Gasteiger charge is 2.30. The smallest absolute Gasteiger partial charge is 0.408 e. The van der Waals surface area contributed by atoms with E-state index in [-0.39, 0.29) is 18.8 Å². The Bertz CT molecular complexity index is 867. The lowest BCUT2D eigenvalue weighted by molar-refractivity contribution is -0.144. The van der Waals surface area contributed by atoms with Crippen LogP contribution in [0.5, 0.6) is 0 Å². The highest BCUT2D eigenvalue weighted by Crippen LogP contribution is 2.14. The fourth-order valence-corrected chi connectivity index (χ4v) is 3.44. The quantitative estimate of drug-likeness (QED) is 0.180. The zero-order chi connectivity index (χ0) is 27.3. The summed E-state index contributed by atoms with van der Waals surface area (Å²) in [5.74, 6) is -1.75. The summed E-state index contributed by atoms with van der Waals surface area (Å²) in [4.78, 5) is 50.6. The van der Waals surface area contributed by atoms with Crippen LogP contribution in [0.25, 0.3) is 0 Å². The Morgan fingerprint density at radius 1 is 1.00 bits per heavy atom. The molecule has 0 spiro atoms. The van der Waals surface area contributed by atoms with Gasteiger partial charge < -0.3 is 25.4 Å². The molecule has 0 aromatic heterocycles. The minimum absolute atomic E-state index is 0.0409. The summed E-state index contributed by atoms with van der Waals surface area (Å²) in [6, 6.07) is 5.28. The molecule has 1 aromatic carbocycles.